The lowest BCUT2D eigenvalue weighted by Gasteiger charge is -2.07. The van der Waals surface area contributed by atoms with E-state index in [0.29, 0.717) is 6.54 Å². The van der Waals surface area contributed by atoms with Gasteiger partial charge in [0.15, 0.2) is 0 Å². The molecule has 3 heteroatoms. The second kappa shape index (κ2) is 3.03. The van der Waals surface area contributed by atoms with Crippen molar-refractivity contribution in [2.24, 2.45) is 11.0 Å². The molecular weight excluding hydrogens is 140 g/mol. The molecule has 0 aromatic rings. The minimum Gasteiger partial charge on any atom is -0.272 e. The summed E-state index contributed by atoms with van der Waals surface area (Å²) in [5, 5.41) is 5.73. The van der Waals surface area contributed by atoms with Crippen LogP contribution < -0.4 is 0 Å². The first kappa shape index (κ1) is 8.24. The van der Waals surface area contributed by atoms with Gasteiger partial charge in [-0.25, -0.2) is 5.01 Å². The van der Waals surface area contributed by atoms with Crippen LogP contribution in [0.3, 0.4) is 0 Å². The standard InChI is InChI=1S/C8H14N2O/c1-4-7-6(3)8(11)10(5-2)9-7/h6H,4-5H2,1-3H3. The van der Waals surface area contributed by atoms with Crippen molar-refractivity contribution in [1.29, 1.82) is 0 Å². The molecule has 0 aromatic carbocycles. The van der Waals surface area contributed by atoms with E-state index in [9.17, 15) is 4.79 Å². The van der Waals surface area contributed by atoms with Crippen LogP contribution in [-0.4, -0.2) is 23.2 Å². The van der Waals surface area contributed by atoms with Gasteiger partial charge in [0.2, 0.25) is 0 Å². The van der Waals surface area contributed by atoms with Gasteiger partial charge in [-0.3, -0.25) is 4.79 Å². The molecule has 0 saturated heterocycles. The van der Waals surface area contributed by atoms with Gasteiger partial charge in [0.05, 0.1) is 11.6 Å². The van der Waals surface area contributed by atoms with E-state index in [1.54, 1.807) is 5.01 Å². The lowest BCUT2D eigenvalue weighted by molar-refractivity contribution is -0.131. The highest BCUT2D eigenvalue weighted by atomic mass is 16.2. The predicted octanol–water partition coefficient (Wildman–Crippen LogP) is 1.25. The molecule has 3 nitrogen and oxygen atoms in total. The van der Waals surface area contributed by atoms with Crippen molar-refractivity contribution in [3.05, 3.63) is 0 Å². The van der Waals surface area contributed by atoms with Gasteiger partial charge in [0, 0.05) is 6.54 Å². The van der Waals surface area contributed by atoms with E-state index < -0.39 is 0 Å². The molecule has 62 valence electrons. The van der Waals surface area contributed by atoms with E-state index in [-0.39, 0.29) is 11.8 Å². The molecule has 0 saturated carbocycles. The minimum atomic E-state index is 0.0138. The highest BCUT2D eigenvalue weighted by Gasteiger charge is 2.29. The van der Waals surface area contributed by atoms with Gasteiger partial charge in [-0.2, -0.15) is 5.10 Å². The van der Waals surface area contributed by atoms with Crippen LogP contribution in [0.1, 0.15) is 27.2 Å². The maximum atomic E-state index is 11.3. The normalized spacial score (nSPS) is 24.3. The van der Waals surface area contributed by atoms with Crippen LogP contribution in [0.5, 0.6) is 0 Å². The summed E-state index contributed by atoms with van der Waals surface area (Å²) in [5.74, 6) is 0.157. The van der Waals surface area contributed by atoms with Crippen LogP contribution in [0.2, 0.25) is 0 Å². The second-order valence-electron chi connectivity index (χ2n) is 2.72. The molecular formula is C8H14N2O. The number of amides is 1. The Kier molecular flexibility index (Phi) is 2.27. The monoisotopic (exact) mass is 154 g/mol. The van der Waals surface area contributed by atoms with E-state index in [1.807, 2.05) is 20.8 Å². The molecule has 1 unspecified atom stereocenters. The van der Waals surface area contributed by atoms with Crippen LogP contribution in [0.15, 0.2) is 5.10 Å². The Hall–Kier alpha value is -0.860. The van der Waals surface area contributed by atoms with Gasteiger partial charge < -0.3 is 0 Å². The van der Waals surface area contributed by atoms with Crippen LogP contribution in [-0.2, 0) is 4.79 Å². The van der Waals surface area contributed by atoms with Crippen molar-refractivity contribution in [3.8, 4) is 0 Å². The van der Waals surface area contributed by atoms with Gasteiger partial charge in [-0.1, -0.05) is 6.92 Å². The molecule has 1 amide bonds. The van der Waals surface area contributed by atoms with Gasteiger partial charge in [-0.05, 0) is 20.3 Å². The number of carbonyl (C=O) groups is 1. The Morgan fingerprint density at radius 1 is 1.55 bits per heavy atom. The van der Waals surface area contributed by atoms with E-state index in [2.05, 4.69) is 5.10 Å². The molecule has 0 spiro atoms. The maximum Gasteiger partial charge on any atom is 0.251 e. The number of hydrogen-bond acceptors (Lipinski definition) is 2. The second-order valence-corrected chi connectivity index (χ2v) is 2.72. The Balaban J connectivity index is 2.76. The summed E-state index contributed by atoms with van der Waals surface area (Å²) in [6, 6.07) is 0. The Labute approximate surface area is 67.1 Å². The molecule has 1 aliphatic rings. The summed E-state index contributed by atoms with van der Waals surface area (Å²) < 4.78 is 0. The summed E-state index contributed by atoms with van der Waals surface area (Å²) in [7, 11) is 0. The largest absolute Gasteiger partial charge is 0.272 e. The molecule has 0 fully saturated rings. The number of hydrazone groups is 1. The third-order valence-electron chi connectivity index (χ3n) is 2.04. The third-order valence-corrected chi connectivity index (χ3v) is 2.04. The molecule has 0 radical (unpaired) electrons. The van der Waals surface area contributed by atoms with Crippen molar-refractivity contribution in [1.82, 2.24) is 5.01 Å². The van der Waals surface area contributed by atoms with Gasteiger partial charge in [0.1, 0.15) is 0 Å². The Morgan fingerprint density at radius 2 is 2.18 bits per heavy atom. The lowest BCUT2D eigenvalue weighted by atomic mass is 10.0. The van der Waals surface area contributed by atoms with Crippen LogP contribution >= 0.6 is 0 Å². The van der Waals surface area contributed by atoms with E-state index in [1.165, 1.54) is 0 Å². The Morgan fingerprint density at radius 3 is 2.45 bits per heavy atom. The molecule has 11 heavy (non-hydrogen) atoms. The molecule has 0 bridgehead atoms. The fourth-order valence-electron chi connectivity index (χ4n) is 1.26. The molecule has 1 atom stereocenters. The zero-order valence-corrected chi connectivity index (χ0v) is 7.29. The van der Waals surface area contributed by atoms with Gasteiger partial charge >= 0.3 is 0 Å². The quantitative estimate of drug-likeness (QED) is 0.589. The highest BCUT2D eigenvalue weighted by molar-refractivity contribution is 6.07. The molecule has 1 aliphatic heterocycles. The van der Waals surface area contributed by atoms with Crippen LogP contribution in [0.25, 0.3) is 0 Å². The van der Waals surface area contributed by atoms with Crippen molar-refractivity contribution in [3.63, 3.8) is 0 Å². The van der Waals surface area contributed by atoms with Crippen molar-refractivity contribution in [2.45, 2.75) is 27.2 Å². The molecule has 0 aliphatic carbocycles. The SMILES string of the molecule is CCC1=NN(CC)C(=O)C1C. The first-order chi connectivity index (χ1) is 5.20. The molecule has 0 N–H and O–H groups in total. The molecule has 0 aromatic heterocycles. The topological polar surface area (TPSA) is 32.7 Å². The van der Waals surface area contributed by atoms with E-state index >= 15 is 0 Å². The smallest absolute Gasteiger partial charge is 0.251 e. The molecule has 1 heterocycles. The van der Waals surface area contributed by atoms with Crippen LogP contribution in [0.4, 0.5) is 0 Å². The van der Waals surface area contributed by atoms with Gasteiger partial charge in [0.25, 0.3) is 5.91 Å². The number of nitrogens with zero attached hydrogens (tertiary/aromatic N) is 2. The summed E-state index contributed by atoms with van der Waals surface area (Å²) in [5.41, 5.74) is 1.01. The van der Waals surface area contributed by atoms with Crippen molar-refractivity contribution in [2.75, 3.05) is 6.54 Å². The fraction of sp³-hybridized carbons (Fsp3) is 0.750. The lowest BCUT2D eigenvalue weighted by Crippen LogP contribution is -2.25. The minimum absolute atomic E-state index is 0.0138. The van der Waals surface area contributed by atoms with E-state index in [0.717, 1.165) is 12.1 Å². The summed E-state index contributed by atoms with van der Waals surface area (Å²) in [6.07, 6.45) is 0.878. The average Bonchev–Trinajstić information content (AvgIpc) is 2.30. The van der Waals surface area contributed by atoms with E-state index in [4.69, 9.17) is 0 Å². The summed E-state index contributed by atoms with van der Waals surface area (Å²) in [6.45, 7) is 6.57. The molecule has 1 rings (SSSR count). The third kappa shape index (κ3) is 1.27. The Bertz CT molecular complexity index is 198. The number of rotatable bonds is 2. The number of carbonyl (C=O) groups excluding carboxylic acids is 1. The summed E-state index contributed by atoms with van der Waals surface area (Å²) in [4.78, 5) is 11.3. The first-order valence-corrected chi connectivity index (χ1v) is 4.09. The fourth-order valence-corrected chi connectivity index (χ4v) is 1.26. The maximum absolute atomic E-state index is 11.3. The zero-order chi connectivity index (χ0) is 8.43. The number of hydrogen-bond donors (Lipinski definition) is 0. The first-order valence-electron chi connectivity index (χ1n) is 4.09. The summed E-state index contributed by atoms with van der Waals surface area (Å²) >= 11 is 0. The predicted molar refractivity (Wildman–Crippen MR) is 44.3 cm³/mol. The van der Waals surface area contributed by atoms with Crippen molar-refractivity contribution >= 4 is 11.6 Å². The van der Waals surface area contributed by atoms with Gasteiger partial charge in [-0.15, -0.1) is 0 Å². The van der Waals surface area contributed by atoms with Crippen molar-refractivity contribution < 1.29 is 4.79 Å². The zero-order valence-electron chi connectivity index (χ0n) is 7.29. The van der Waals surface area contributed by atoms with Crippen LogP contribution in [0, 0.1) is 5.92 Å². The average molecular weight is 154 g/mol. The highest BCUT2D eigenvalue weighted by Crippen LogP contribution is 2.16.